The molecule has 1 saturated carbocycles. The molecule has 5 heteroatoms. The zero-order valence-corrected chi connectivity index (χ0v) is 12.3. The summed E-state index contributed by atoms with van der Waals surface area (Å²) >= 11 is 0. The molecule has 1 N–H and O–H groups in total. The maximum atomic E-state index is 12.4. The summed E-state index contributed by atoms with van der Waals surface area (Å²) in [6.45, 7) is 5.06. The number of hydrogen-bond acceptors (Lipinski definition) is 3. The van der Waals surface area contributed by atoms with Gasteiger partial charge in [-0.15, -0.1) is 0 Å². The van der Waals surface area contributed by atoms with Gasteiger partial charge in [-0.1, -0.05) is 0 Å². The van der Waals surface area contributed by atoms with Crippen molar-refractivity contribution in [2.45, 2.75) is 25.8 Å². The van der Waals surface area contributed by atoms with E-state index in [-0.39, 0.29) is 11.8 Å². The van der Waals surface area contributed by atoms with E-state index < -0.39 is 0 Å². The van der Waals surface area contributed by atoms with E-state index in [1.165, 1.54) is 19.8 Å². The number of amides is 2. The van der Waals surface area contributed by atoms with Crippen molar-refractivity contribution in [2.75, 3.05) is 31.5 Å². The Morgan fingerprint density at radius 2 is 1.67 bits per heavy atom. The highest BCUT2D eigenvalue weighted by Crippen LogP contribution is 2.27. The first-order chi connectivity index (χ1) is 10.1. The van der Waals surface area contributed by atoms with Gasteiger partial charge in [-0.3, -0.25) is 14.5 Å². The highest BCUT2D eigenvalue weighted by molar-refractivity contribution is 5.95. The first-order valence-corrected chi connectivity index (χ1v) is 7.54. The molecule has 0 aromatic heterocycles. The zero-order valence-electron chi connectivity index (χ0n) is 12.3. The summed E-state index contributed by atoms with van der Waals surface area (Å²) in [5, 5.41) is 2.71. The van der Waals surface area contributed by atoms with E-state index in [9.17, 15) is 9.59 Å². The molecule has 0 radical (unpaired) electrons. The average Bonchev–Trinajstić information content (AvgIpc) is 3.32. The number of carbonyl (C=O) groups is 2. The summed E-state index contributed by atoms with van der Waals surface area (Å²) in [6.07, 6.45) is 2.64. The minimum atomic E-state index is -0.106. The molecule has 0 atom stereocenters. The molecule has 1 aliphatic heterocycles. The second-order valence-corrected chi connectivity index (χ2v) is 5.82. The molecule has 1 aromatic rings. The van der Waals surface area contributed by atoms with Crippen LogP contribution in [0.4, 0.5) is 5.69 Å². The predicted molar refractivity (Wildman–Crippen MR) is 81.2 cm³/mol. The molecule has 1 aromatic carbocycles. The number of nitrogens with one attached hydrogen (secondary N) is 1. The minimum Gasteiger partial charge on any atom is -0.336 e. The van der Waals surface area contributed by atoms with Crippen LogP contribution in [-0.4, -0.2) is 53.8 Å². The number of anilines is 1. The molecule has 0 unspecified atom stereocenters. The van der Waals surface area contributed by atoms with Crippen LogP contribution in [0.25, 0.3) is 0 Å². The van der Waals surface area contributed by atoms with E-state index in [1.807, 2.05) is 4.90 Å². The molecule has 2 aliphatic rings. The molecule has 2 amide bonds. The van der Waals surface area contributed by atoms with E-state index in [2.05, 4.69) is 10.2 Å². The Balaban J connectivity index is 1.58. The smallest absolute Gasteiger partial charge is 0.253 e. The molecule has 21 heavy (non-hydrogen) atoms. The summed E-state index contributed by atoms with van der Waals surface area (Å²) in [4.78, 5) is 27.8. The third-order valence-corrected chi connectivity index (χ3v) is 4.12. The van der Waals surface area contributed by atoms with Crippen LogP contribution in [0.5, 0.6) is 0 Å². The minimum absolute atomic E-state index is 0.0832. The quantitative estimate of drug-likeness (QED) is 0.918. The van der Waals surface area contributed by atoms with Gasteiger partial charge >= 0.3 is 0 Å². The lowest BCUT2D eigenvalue weighted by Crippen LogP contribution is -2.49. The normalized spacial score (nSPS) is 19.4. The number of rotatable bonds is 3. The predicted octanol–water partition coefficient (Wildman–Crippen LogP) is 1.57. The Labute approximate surface area is 124 Å². The molecule has 1 heterocycles. The van der Waals surface area contributed by atoms with Gasteiger partial charge in [0.2, 0.25) is 5.91 Å². The van der Waals surface area contributed by atoms with Crippen LogP contribution in [-0.2, 0) is 4.79 Å². The van der Waals surface area contributed by atoms with Crippen molar-refractivity contribution < 1.29 is 9.59 Å². The van der Waals surface area contributed by atoms with Crippen LogP contribution >= 0.6 is 0 Å². The van der Waals surface area contributed by atoms with Crippen molar-refractivity contribution in [3.8, 4) is 0 Å². The molecule has 1 saturated heterocycles. The van der Waals surface area contributed by atoms with Crippen molar-refractivity contribution in [1.82, 2.24) is 9.80 Å². The van der Waals surface area contributed by atoms with Crippen LogP contribution < -0.4 is 5.32 Å². The molecule has 2 fully saturated rings. The van der Waals surface area contributed by atoms with Crippen molar-refractivity contribution in [3.05, 3.63) is 29.8 Å². The van der Waals surface area contributed by atoms with Gasteiger partial charge in [0.15, 0.2) is 0 Å². The number of piperazine rings is 1. The molecule has 0 spiro atoms. The standard InChI is InChI=1S/C16H21N3O2/c1-12(20)17-14-4-2-13(3-5-14)16(21)19-10-8-18(9-11-19)15-6-7-15/h2-5,15H,6-11H2,1H3,(H,17,20). The van der Waals surface area contributed by atoms with E-state index in [1.54, 1.807) is 24.3 Å². The molecule has 5 nitrogen and oxygen atoms in total. The molecular formula is C16H21N3O2. The molecular weight excluding hydrogens is 266 g/mol. The number of nitrogens with zero attached hydrogens (tertiary/aromatic N) is 2. The fraction of sp³-hybridized carbons (Fsp3) is 0.500. The van der Waals surface area contributed by atoms with Crippen LogP contribution in [0.15, 0.2) is 24.3 Å². The first kappa shape index (κ1) is 14.1. The van der Waals surface area contributed by atoms with Gasteiger partial charge in [-0.25, -0.2) is 0 Å². The maximum absolute atomic E-state index is 12.4. The Hall–Kier alpha value is -1.88. The summed E-state index contributed by atoms with van der Waals surface area (Å²) in [6, 6.07) is 7.88. The van der Waals surface area contributed by atoms with Gasteiger partial charge in [0.05, 0.1) is 0 Å². The second-order valence-electron chi connectivity index (χ2n) is 5.82. The fourth-order valence-electron chi connectivity index (χ4n) is 2.81. The summed E-state index contributed by atoms with van der Waals surface area (Å²) in [5.74, 6) is -0.0231. The Bertz CT molecular complexity index is 529. The monoisotopic (exact) mass is 287 g/mol. The van der Waals surface area contributed by atoms with E-state index in [4.69, 9.17) is 0 Å². The third-order valence-electron chi connectivity index (χ3n) is 4.12. The Morgan fingerprint density at radius 3 is 2.19 bits per heavy atom. The van der Waals surface area contributed by atoms with E-state index in [0.29, 0.717) is 5.56 Å². The van der Waals surface area contributed by atoms with Gasteiger partial charge in [0, 0.05) is 50.4 Å². The van der Waals surface area contributed by atoms with Crippen LogP contribution in [0.1, 0.15) is 30.1 Å². The number of hydrogen-bond donors (Lipinski definition) is 1. The molecule has 1 aliphatic carbocycles. The topological polar surface area (TPSA) is 52.7 Å². The second kappa shape index (κ2) is 5.85. The van der Waals surface area contributed by atoms with Gasteiger partial charge in [0.1, 0.15) is 0 Å². The Kier molecular flexibility index (Phi) is 3.92. The fourth-order valence-corrected chi connectivity index (χ4v) is 2.81. The lowest BCUT2D eigenvalue weighted by molar-refractivity contribution is -0.114. The summed E-state index contributed by atoms with van der Waals surface area (Å²) in [5.41, 5.74) is 1.40. The lowest BCUT2D eigenvalue weighted by Gasteiger charge is -2.34. The van der Waals surface area contributed by atoms with Crippen molar-refractivity contribution in [1.29, 1.82) is 0 Å². The van der Waals surface area contributed by atoms with Gasteiger partial charge in [0.25, 0.3) is 5.91 Å². The van der Waals surface area contributed by atoms with Crippen LogP contribution in [0.2, 0.25) is 0 Å². The zero-order chi connectivity index (χ0) is 14.8. The summed E-state index contributed by atoms with van der Waals surface area (Å²) in [7, 11) is 0. The average molecular weight is 287 g/mol. The number of benzene rings is 1. The largest absolute Gasteiger partial charge is 0.336 e. The third kappa shape index (κ3) is 3.42. The lowest BCUT2D eigenvalue weighted by atomic mass is 10.1. The first-order valence-electron chi connectivity index (χ1n) is 7.54. The molecule has 112 valence electrons. The molecule has 0 bridgehead atoms. The van der Waals surface area contributed by atoms with Crippen molar-refractivity contribution >= 4 is 17.5 Å². The SMILES string of the molecule is CC(=O)Nc1ccc(C(=O)N2CCN(C3CC3)CC2)cc1. The van der Waals surface area contributed by atoms with Crippen molar-refractivity contribution in [3.63, 3.8) is 0 Å². The highest BCUT2D eigenvalue weighted by Gasteiger charge is 2.32. The van der Waals surface area contributed by atoms with Gasteiger partial charge in [-0.2, -0.15) is 0 Å². The Morgan fingerprint density at radius 1 is 1.05 bits per heavy atom. The van der Waals surface area contributed by atoms with Crippen LogP contribution in [0.3, 0.4) is 0 Å². The number of carbonyl (C=O) groups excluding carboxylic acids is 2. The maximum Gasteiger partial charge on any atom is 0.253 e. The molecule has 3 rings (SSSR count). The van der Waals surface area contributed by atoms with E-state index in [0.717, 1.165) is 37.9 Å². The van der Waals surface area contributed by atoms with E-state index >= 15 is 0 Å². The van der Waals surface area contributed by atoms with Gasteiger partial charge in [-0.05, 0) is 37.1 Å². The van der Waals surface area contributed by atoms with Gasteiger partial charge < -0.3 is 10.2 Å². The highest BCUT2D eigenvalue weighted by atomic mass is 16.2. The van der Waals surface area contributed by atoms with Crippen molar-refractivity contribution in [2.24, 2.45) is 0 Å². The summed E-state index contributed by atoms with van der Waals surface area (Å²) < 4.78 is 0. The van der Waals surface area contributed by atoms with Crippen LogP contribution in [0, 0.1) is 0 Å².